The summed E-state index contributed by atoms with van der Waals surface area (Å²) >= 11 is 0. The summed E-state index contributed by atoms with van der Waals surface area (Å²) in [7, 11) is 1.55. The molecule has 3 aromatic rings. The molecule has 0 atom stereocenters. The van der Waals surface area contributed by atoms with Gasteiger partial charge in [0, 0.05) is 43.5 Å². The molecule has 0 spiro atoms. The predicted molar refractivity (Wildman–Crippen MR) is 146 cm³/mol. The molecule has 0 unspecified atom stereocenters. The molecule has 2 heterocycles. The van der Waals surface area contributed by atoms with Crippen molar-refractivity contribution in [2.75, 3.05) is 43.2 Å². The lowest BCUT2D eigenvalue weighted by Crippen LogP contribution is -2.50. The van der Waals surface area contributed by atoms with Crippen LogP contribution in [0.5, 0.6) is 5.75 Å². The van der Waals surface area contributed by atoms with Crippen LogP contribution in [0.3, 0.4) is 0 Å². The van der Waals surface area contributed by atoms with Crippen LogP contribution in [0.1, 0.15) is 10.4 Å². The fourth-order valence-electron chi connectivity index (χ4n) is 4.32. The van der Waals surface area contributed by atoms with Crippen molar-refractivity contribution in [1.29, 1.82) is 0 Å². The summed E-state index contributed by atoms with van der Waals surface area (Å²) in [5.41, 5.74) is 4.36. The molecule has 0 bridgehead atoms. The van der Waals surface area contributed by atoms with Crippen molar-refractivity contribution >= 4 is 34.9 Å². The molecule has 198 valence electrons. The van der Waals surface area contributed by atoms with Crippen LogP contribution in [0.4, 0.5) is 11.4 Å². The standard InChI is InChI=1S/C29H27N5O5/c1-38-24-14-12-23(13-15-24)34-26(29(37)39-31-34)20-25(30-27(35)21-8-4-2-5-9-21)28(36)33-18-16-32(17-19-33)22-10-6-3-7-11-22/h2-15,20,31H,16-19H2,1H3/b26-20+,30-25?. The lowest BCUT2D eigenvalue weighted by molar-refractivity contribution is -0.140. The molecule has 2 fully saturated rings. The molecule has 0 radical (unpaired) electrons. The summed E-state index contributed by atoms with van der Waals surface area (Å²) < 4.78 is 5.20. The predicted octanol–water partition coefficient (Wildman–Crippen LogP) is 2.99. The fraction of sp³-hybridized carbons (Fsp3) is 0.172. The van der Waals surface area contributed by atoms with E-state index >= 15 is 0 Å². The van der Waals surface area contributed by atoms with E-state index in [0.29, 0.717) is 43.2 Å². The smallest absolute Gasteiger partial charge is 0.376 e. The van der Waals surface area contributed by atoms with Crippen LogP contribution in [0.2, 0.25) is 0 Å². The molecule has 2 aliphatic heterocycles. The molecular formula is C29H27N5O5. The van der Waals surface area contributed by atoms with Crippen LogP contribution in [0.25, 0.3) is 0 Å². The van der Waals surface area contributed by atoms with Gasteiger partial charge in [-0.25, -0.2) is 14.8 Å². The number of rotatable bonds is 6. The number of para-hydroxylation sites is 1. The number of carbonyl (C=O) groups is 3. The number of benzene rings is 3. The second-order valence-electron chi connectivity index (χ2n) is 8.83. The summed E-state index contributed by atoms with van der Waals surface area (Å²) in [6, 6.07) is 25.3. The number of hydrogen-bond donors (Lipinski definition) is 1. The first-order chi connectivity index (χ1) is 19.0. The van der Waals surface area contributed by atoms with E-state index in [1.54, 1.807) is 66.6 Å². The van der Waals surface area contributed by atoms with Crippen molar-refractivity contribution in [2.24, 2.45) is 4.99 Å². The number of carbonyl (C=O) groups excluding carboxylic acids is 3. The molecule has 2 saturated heterocycles. The van der Waals surface area contributed by atoms with Gasteiger partial charge in [-0.1, -0.05) is 42.0 Å². The van der Waals surface area contributed by atoms with Crippen LogP contribution >= 0.6 is 0 Å². The molecule has 3 aromatic carbocycles. The highest BCUT2D eigenvalue weighted by Gasteiger charge is 2.32. The van der Waals surface area contributed by atoms with E-state index < -0.39 is 17.8 Å². The number of nitrogens with zero attached hydrogens (tertiary/aromatic N) is 4. The zero-order valence-corrected chi connectivity index (χ0v) is 21.3. The van der Waals surface area contributed by atoms with Crippen molar-refractivity contribution < 1.29 is 24.0 Å². The van der Waals surface area contributed by atoms with Gasteiger partial charge in [-0.2, -0.15) is 0 Å². The van der Waals surface area contributed by atoms with Gasteiger partial charge in [0.1, 0.15) is 11.5 Å². The molecule has 10 heteroatoms. The number of ether oxygens (including phenoxy) is 1. The normalized spacial score (nSPS) is 16.8. The summed E-state index contributed by atoms with van der Waals surface area (Å²) in [6.07, 6.45) is 1.29. The molecule has 0 aliphatic carbocycles. The van der Waals surface area contributed by atoms with Crippen LogP contribution < -0.4 is 20.2 Å². The maximum absolute atomic E-state index is 13.7. The highest BCUT2D eigenvalue weighted by molar-refractivity contribution is 6.45. The van der Waals surface area contributed by atoms with Crippen LogP contribution in [0.15, 0.2) is 102 Å². The Morgan fingerprint density at radius 3 is 2.15 bits per heavy atom. The number of aliphatic imine (C=N–C) groups is 1. The van der Waals surface area contributed by atoms with Gasteiger partial charge in [0.2, 0.25) is 0 Å². The van der Waals surface area contributed by atoms with E-state index in [9.17, 15) is 14.4 Å². The first-order valence-electron chi connectivity index (χ1n) is 12.4. The maximum Gasteiger partial charge on any atom is 0.376 e. The minimum atomic E-state index is -0.715. The number of amides is 2. The monoisotopic (exact) mass is 525 g/mol. The lowest BCUT2D eigenvalue weighted by Gasteiger charge is -2.36. The Kier molecular flexibility index (Phi) is 7.65. The summed E-state index contributed by atoms with van der Waals surface area (Å²) in [6.45, 7) is 2.10. The summed E-state index contributed by atoms with van der Waals surface area (Å²) in [5.74, 6) is -1.12. The van der Waals surface area contributed by atoms with Crippen molar-refractivity contribution in [3.05, 3.63) is 102 Å². The Morgan fingerprint density at radius 2 is 1.51 bits per heavy atom. The van der Waals surface area contributed by atoms with Crippen LogP contribution in [-0.2, 0) is 14.4 Å². The van der Waals surface area contributed by atoms with Gasteiger partial charge in [-0.05, 0) is 48.5 Å². The number of piperazine rings is 1. The zero-order chi connectivity index (χ0) is 27.2. The second-order valence-corrected chi connectivity index (χ2v) is 8.83. The van der Waals surface area contributed by atoms with E-state index in [4.69, 9.17) is 9.57 Å². The average Bonchev–Trinajstić information content (AvgIpc) is 3.36. The minimum absolute atomic E-state index is 0.0102. The SMILES string of the molecule is COc1ccc(N2NOC(=O)/C2=C\C(=NC(=O)c2ccccc2)C(=O)N2CCN(c3ccccc3)CC2)cc1. The van der Waals surface area contributed by atoms with E-state index in [0.717, 1.165) is 5.69 Å². The van der Waals surface area contributed by atoms with Gasteiger partial charge in [-0.3, -0.25) is 9.59 Å². The Labute approximate surface area is 225 Å². The molecule has 10 nitrogen and oxygen atoms in total. The molecule has 39 heavy (non-hydrogen) atoms. The third-order valence-corrected chi connectivity index (χ3v) is 6.43. The number of methoxy groups -OCH3 is 1. The highest BCUT2D eigenvalue weighted by Crippen LogP contribution is 2.25. The number of anilines is 2. The quantitative estimate of drug-likeness (QED) is 0.387. The van der Waals surface area contributed by atoms with Crippen molar-refractivity contribution in [2.45, 2.75) is 0 Å². The Hall–Kier alpha value is -4.96. The number of nitrogens with one attached hydrogen (secondary N) is 1. The van der Waals surface area contributed by atoms with E-state index in [2.05, 4.69) is 15.5 Å². The van der Waals surface area contributed by atoms with Gasteiger partial charge in [-0.15, -0.1) is 0 Å². The second kappa shape index (κ2) is 11.6. The van der Waals surface area contributed by atoms with Gasteiger partial charge in [0.15, 0.2) is 5.70 Å². The van der Waals surface area contributed by atoms with Gasteiger partial charge in [0.05, 0.1) is 12.8 Å². The van der Waals surface area contributed by atoms with E-state index in [1.807, 2.05) is 30.3 Å². The first kappa shape index (κ1) is 25.7. The largest absolute Gasteiger partial charge is 0.497 e. The van der Waals surface area contributed by atoms with Crippen LogP contribution in [0, 0.1) is 0 Å². The molecule has 0 saturated carbocycles. The van der Waals surface area contributed by atoms with Gasteiger partial charge < -0.3 is 19.4 Å². The topological polar surface area (TPSA) is 104 Å². The molecule has 5 rings (SSSR count). The van der Waals surface area contributed by atoms with Crippen molar-refractivity contribution in [3.8, 4) is 5.75 Å². The average molecular weight is 526 g/mol. The third kappa shape index (κ3) is 5.81. The van der Waals surface area contributed by atoms with Crippen LogP contribution in [-0.4, -0.2) is 61.7 Å². The molecule has 1 N–H and O–H groups in total. The van der Waals surface area contributed by atoms with E-state index in [1.165, 1.54) is 11.1 Å². The molecule has 0 aromatic heterocycles. The highest BCUT2D eigenvalue weighted by atomic mass is 16.7. The Balaban J connectivity index is 1.44. The lowest BCUT2D eigenvalue weighted by atomic mass is 10.2. The first-order valence-corrected chi connectivity index (χ1v) is 12.4. The molecule has 2 amide bonds. The van der Waals surface area contributed by atoms with Crippen molar-refractivity contribution in [1.82, 2.24) is 10.5 Å². The summed E-state index contributed by atoms with van der Waals surface area (Å²) in [4.78, 5) is 52.4. The Morgan fingerprint density at radius 1 is 0.872 bits per heavy atom. The van der Waals surface area contributed by atoms with Gasteiger partial charge >= 0.3 is 5.97 Å². The summed E-state index contributed by atoms with van der Waals surface area (Å²) in [5, 5.41) is 1.38. The van der Waals surface area contributed by atoms with Gasteiger partial charge in [0.25, 0.3) is 11.8 Å². The number of hydrogen-bond acceptors (Lipinski definition) is 8. The molecule has 2 aliphatic rings. The Bertz CT molecular complexity index is 1400. The zero-order valence-electron chi connectivity index (χ0n) is 21.3. The maximum atomic E-state index is 13.7. The van der Waals surface area contributed by atoms with Crippen molar-refractivity contribution in [3.63, 3.8) is 0 Å². The van der Waals surface area contributed by atoms with E-state index in [-0.39, 0.29) is 11.4 Å². The minimum Gasteiger partial charge on any atom is -0.497 e. The third-order valence-electron chi connectivity index (χ3n) is 6.43. The number of hydrazine groups is 1. The molecular weight excluding hydrogens is 498 g/mol. The fourth-order valence-corrected chi connectivity index (χ4v) is 4.32.